The van der Waals surface area contributed by atoms with Crippen LogP contribution in [0.2, 0.25) is 0 Å². The SMILES string of the molecule is CCn1nc(C(=O)N=c2sc3ccccc3n2CC(=O)OC)cc1C. The van der Waals surface area contributed by atoms with Crippen molar-refractivity contribution in [2.24, 2.45) is 4.99 Å². The quantitative estimate of drug-likeness (QED) is 0.670. The third kappa shape index (κ3) is 3.39. The van der Waals surface area contributed by atoms with Gasteiger partial charge in [-0.15, -0.1) is 0 Å². The van der Waals surface area contributed by atoms with Gasteiger partial charge in [0.2, 0.25) is 0 Å². The Morgan fingerprint density at radius 3 is 2.76 bits per heavy atom. The molecule has 0 unspecified atom stereocenters. The van der Waals surface area contributed by atoms with Gasteiger partial charge < -0.3 is 9.30 Å². The number of carbonyl (C=O) groups excluding carboxylic acids is 2. The van der Waals surface area contributed by atoms with Crippen LogP contribution in [0.3, 0.4) is 0 Å². The maximum absolute atomic E-state index is 12.5. The van der Waals surface area contributed by atoms with Gasteiger partial charge in [0.25, 0.3) is 5.91 Å². The highest BCUT2D eigenvalue weighted by molar-refractivity contribution is 7.16. The molecular formula is C17H18N4O3S. The van der Waals surface area contributed by atoms with Crippen molar-refractivity contribution >= 4 is 33.4 Å². The van der Waals surface area contributed by atoms with E-state index in [2.05, 4.69) is 10.1 Å². The number of esters is 1. The number of amides is 1. The van der Waals surface area contributed by atoms with E-state index in [9.17, 15) is 9.59 Å². The summed E-state index contributed by atoms with van der Waals surface area (Å²) in [6.07, 6.45) is 0. The fourth-order valence-electron chi connectivity index (χ4n) is 2.53. The van der Waals surface area contributed by atoms with Crippen LogP contribution in [0.1, 0.15) is 23.1 Å². The van der Waals surface area contributed by atoms with Crippen LogP contribution in [-0.2, 0) is 22.6 Å². The standard InChI is InChI=1S/C17H18N4O3S/c1-4-21-11(2)9-12(19-21)16(23)18-17-20(10-15(22)24-3)13-7-5-6-8-14(13)25-17/h5-9H,4,10H2,1-3H3. The summed E-state index contributed by atoms with van der Waals surface area (Å²) in [6, 6.07) is 9.30. The average Bonchev–Trinajstić information content (AvgIpc) is 3.15. The second kappa shape index (κ2) is 7.02. The molecule has 8 heteroatoms. The Kier molecular flexibility index (Phi) is 4.80. The summed E-state index contributed by atoms with van der Waals surface area (Å²) in [5.41, 5.74) is 2.03. The van der Waals surface area contributed by atoms with Gasteiger partial charge in [-0.05, 0) is 32.0 Å². The van der Waals surface area contributed by atoms with Crippen molar-refractivity contribution in [3.05, 3.63) is 46.5 Å². The van der Waals surface area contributed by atoms with Crippen LogP contribution < -0.4 is 4.80 Å². The molecule has 2 aromatic heterocycles. The second-order valence-electron chi connectivity index (χ2n) is 5.42. The van der Waals surface area contributed by atoms with Gasteiger partial charge in [-0.1, -0.05) is 23.5 Å². The molecule has 7 nitrogen and oxygen atoms in total. The number of fused-ring (bicyclic) bond motifs is 1. The number of aromatic nitrogens is 3. The number of ether oxygens (including phenoxy) is 1. The van der Waals surface area contributed by atoms with E-state index in [4.69, 9.17) is 4.74 Å². The van der Waals surface area contributed by atoms with E-state index >= 15 is 0 Å². The number of para-hydroxylation sites is 1. The number of methoxy groups -OCH3 is 1. The van der Waals surface area contributed by atoms with E-state index in [1.54, 1.807) is 15.3 Å². The number of thiazole rings is 1. The first-order valence-corrected chi connectivity index (χ1v) is 8.63. The normalized spacial score (nSPS) is 11.9. The molecule has 0 N–H and O–H groups in total. The molecule has 0 radical (unpaired) electrons. The Balaban J connectivity index is 2.09. The molecule has 0 atom stereocenters. The van der Waals surface area contributed by atoms with Gasteiger partial charge in [-0.3, -0.25) is 14.3 Å². The molecule has 0 saturated heterocycles. The van der Waals surface area contributed by atoms with Crippen molar-refractivity contribution in [1.29, 1.82) is 0 Å². The van der Waals surface area contributed by atoms with Crippen LogP contribution >= 0.6 is 11.3 Å². The molecule has 1 aromatic carbocycles. The van der Waals surface area contributed by atoms with Crippen molar-refractivity contribution in [2.45, 2.75) is 26.9 Å². The first-order chi connectivity index (χ1) is 12.0. The van der Waals surface area contributed by atoms with Crippen LogP contribution in [0.15, 0.2) is 35.3 Å². The largest absolute Gasteiger partial charge is 0.468 e. The highest BCUT2D eigenvalue weighted by Gasteiger charge is 2.14. The van der Waals surface area contributed by atoms with Crippen LogP contribution in [0.5, 0.6) is 0 Å². The van der Waals surface area contributed by atoms with Crippen LogP contribution in [0.4, 0.5) is 0 Å². The lowest BCUT2D eigenvalue weighted by atomic mass is 10.3. The smallest absolute Gasteiger partial charge is 0.325 e. The van der Waals surface area contributed by atoms with Crippen molar-refractivity contribution in [3.63, 3.8) is 0 Å². The first-order valence-electron chi connectivity index (χ1n) is 7.82. The first kappa shape index (κ1) is 17.1. The molecule has 0 saturated carbocycles. The Labute approximate surface area is 148 Å². The molecule has 3 aromatic rings. The summed E-state index contributed by atoms with van der Waals surface area (Å²) >= 11 is 1.35. The zero-order chi connectivity index (χ0) is 18.0. The second-order valence-corrected chi connectivity index (χ2v) is 6.43. The number of carbonyl (C=O) groups is 2. The van der Waals surface area contributed by atoms with E-state index in [1.807, 2.05) is 38.1 Å². The van der Waals surface area contributed by atoms with E-state index < -0.39 is 11.9 Å². The summed E-state index contributed by atoms with van der Waals surface area (Å²) in [5.74, 6) is -0.830. The van der Waals surface area contributed by atoms with Gasteiger partial charge in [0.1, 0.15) is 6.54 Å². The van der Waals surface area contributed by atoms with Crippen LogP contribution in [-0.4, -0.2) is 33.3 Å². The molecule has 0 spiro atoms. The summed E-state index contributed by atoms with van der Waals surface area (Å²) in [5, 5.41) is 4.26. The third-order valence-electron chi connectivity index (χ3n) is 3.80. The number of rotatable bonds is 4. The zero-order valence-electron chi connectivity index (χ0n) is 14.2. The van der Waals surface area contributed by atoms with Gasteiger partial charge in [0.05, 0.1) is 17.3 Å². The molecule has 0 aliphatic rings. The Bertz CT molecular complexity index is 1010. The summed E-state index contributed by atoms with van der Waals surface area (Å²) in [6.45, 7) is 4.53. The lowest BCUT2D eigenvalue weighted by Crippen LogP contribution is -2.22. The van der Waals surface area contributed by atoms with Crippen molar-refractivity contribution in [3.8, 4) is 0 Å². The monoisotopic (exact) mass is 358 g/mol. The van der Waals surface area contributed by atoms with Gasteiger partial charge in [0, 0.05) is 12.2 Å². The summed E-state index contributed by atoms with van der Waals surface area (Å²) < 4.78 is 9.13. The van der Waals surface area contributed by atoms with Crippen LogP contribution in [0, 0.1) is 6.92 Å². The molecular weight excluding hydrogens is 340 g/mol. The average molecular weight is 358 g/mol. The molecule has 130 valence electrons. The maximum Gasteiger partial charge on any atom is 0.325 e. The summed E-state index contributed by atoms with van der Waals surface area (Å²) in [4.78, 5) is 28.9. The number of benzene rings is 1. The highest BCUT2D eigenvalue weighted by atomic mass is 32.1. The molecule has 0 aliphatic heterocycles. The minimum absolute atomic E-state index is 0.00491. The number of nitrogens with zero attached hydrogens (tertiary/aromatic N) is 4. The molecule has 25 heavy (non-hydrogen) atoms. The summed E-state index contributed by atoms with van der Waals surface area (Å²) in [7, 11) is 1.33. The van der Waals surface area contributed by atoms with Gasteiger partial charge in [0.15, 0.2) is 10.5 Å². The highest BCUT2D eigenvalue weighted by Crippen LogP contribution is 2.17. The Morgan fingerprint density at radius 1 is 1.32 bits per heavy atom. The molecule has 3 rings (SSSR count). The molecule has 0 fully saturated rings. The van der Waals surface area contributed by atoms with E-state index in [0.717, 1.165) is 15.9 Å². The Morgan fingerprint density at radius 2 is 2.08 bits per heavy atom. The van der Waals surface area contributed by atoms with E-state index in [-0.39, 0.29) is 6.54 Å². The molecule has 2 heterocycles. The minimum Gasteiger partial charge on any atom is -0.468 e. The van der Waals surface area contributed by atoms with Gasteiger partial charge in [-0.25, -0.2) is 0 Å². The third-order valence-corrected chi connectivity index (χ3v) is 4.86. The lowest BCUT2D eigenvalue weighted by molar-refractivity contribution is -0.141. The van der Waals surface area contributed by atoms with E-state index in [0.29, 0.717) is 17.0 Å². The number of aryl methyl sites for hydroxylation is 2. The van der Waals surface area contributed by atoms with Crippen molar-refractivity contribution < 1.29 is 14.3 Å². The minimum atomic E-state index is -0.430. The van der Waals surface area contributed by atoms with Gasteiger partial charge in [-0.2, -0.15) is 10.1 Å². The fourth-order valence-corrected chi connectivity index (χ4v) is 3.56. The lowest BCUT2D eigenvalue weighted by Gasteiger charge is -2.03. The van der Waals surface area contributed by atoms with Crippen molar-refractivity contribution in [1.82, 2.24) is 14.3 Å². The Hall–Kier alpha value is -2.74. The molecule has 1 amide bonds. The molecule has 0 aliphatic carbocycles. The van der Waals surface area contributed by atoms with Crippen molar-refractivity contribution in [2.75, 3.05) is 7.11 Å². The topological polar surface area (TPSA) is 78.5 Å². The van der Waals surface area contributed by atoms with Gasteiger partial charge >= 0.3 is 5.97 Å². The molecule has 0 bridgehead atoms. The zero-order valence-corrected chi connectivity index (χ0v) is 15.0. The number of hydrogen-bond acceptors (Lipinski definition) is 5. The van der Waals surface area contributed by atoms with E-state index in [1.165, 1.54) is 18.4 Å². The fraction of sp³-hybridized carbons (Fsp3) is 0.294. The maximum atomic E-state index is 12.5. The predicted octanol–water partition coefficient (Wildman–Crippen LogP) is 2.14. The van der Waals surface area contributed by atoms with Crippen LogP contribution in [0.25, 0.3) is 10.2 Å². The number of hydrogen-bond donors (Lipinski definition) is 0. The predicted molar refractivity (Wildman–Crippen MR) is 94.4 cm³/mol.